The summed E-state index contributed by atoms with van der Waals surface area (Å²) in [5.41, 5.74) is 2.33. The van der Waals surface area contributed by atoms with Crippen molar-refractivity contribution in [1.29, 1.82) is 0 Å². The van der Waals surface area contributed by atoms with Gasteiger partial charge in [-0.15, -0.1) is 0 Å². The molecule has 2 aliphatic rings. The minimum absolute atomic E-state index is 0.00250. The van der Waals surface area contributed by atoms with Crippen LogP contribution in [-0.4, -0.2) is 47.2 Å². The van der Waals surface area contributed by atoms with E-state index in [9.17, 15) is 9.59 Å². The number of nitrogens with zero attached hydrogens (tertiary/aromatic N) is 3. The van der Waals surface area contributed by atoms with Gasteiger partial charge in [-0.1, -0.05) is 24.3 Å². The van der Waals surface area contributed by atoms with E-state index in [4.69, 9.17) is 0 Å². The number of rotatable bonds is 2. The number of benzene rings is 1. The lowest BCUT2D eigenvalue weighted by molar-refractivity contribution is -0.133. The molecule has 1 aliphatic carbocycles. The normalized spacial score (nSPS) is 20.2. The highest BCUT2D eigenvalue weighted by atomic mass is 16.2. The molecule has 1 amide bonds. The van der Waals surface area contributed by atoms with E-state index in [0.717, 1.165) is 38.2 Å². The molecule has 1 aliphatic heterocycles. The summed E-state index contributed by atoms with van der Waals surface area (Å²) in [4.78, 5) is 28.3. The number of aryl methyl sites for hydroxylation is 1. The average molecular weight is 338 g/mol. The Bertz CT molecular complexity index is 804. The van der Waals surface area contributed by atoms with Crippen molar-refractivity contribution in [3.63, 3.8) is 0 Å². The number of anilines is 1. The van der Waals surface area contributed by atoms with E-state index >= 15 is 0 Å². The minimum atomic E-state index is -0.200. The molecule has 0 bridgehead atoms. The molecule has 0 radical (unpaired) electrons. The molecule has 6 nitrogen and oxygen atoms in total. The number of carbonyl (C=O) groups is 1. The summed E-state index contributed by atoms with van der Waals surface area (Å²) in [5.74, 6) is 1.01. The molecule has 6 heteroatoms. The third-order valence-corrected chi connectivity index (χ3v) is 5.25. The second-order valence-corrected chi connectivity index (χ2v) is 6.74. The maximum atomic E-state index is 13.0. The molecule has 1 fully saturated rings. The highest BCUT2D eigenvalue weighted by molar-refractivity contribution is 5.84. The topological polar surface area (TPSA) is 69.3 Å². The van der Waals surface area contributed by atoms with Gasteiger partial charge in [-0.2, -0.15) is 5.10 Å². The Hall–Kier alpha value is -2.63. The van der Waals surface area contributed by atoms with Crippen molar-refractivity contribution in [2.45, 2.75) is 25.2 Å². The summed E-state index contributed by atoms with van der Waals surface area (Å²) >= 11 is 0. The van der Waals surface area contributed by atoms with Gasteiger partial charge >= 0.3 is 0 Å². The van der Waals surface area contributed by atoms with Gasteiger partial charge in [-0.05, 0) is 36.5 Å². The summed E-state index contributed by atoms with van der Waals surface area (Å²) in [5, 5.41) is 6.54. The van der Waals surface area contributed by atoms with E-state index in [2.05, 4.69) is 33.3 Å². The van der Waals surface area contributed by atoms with Crippen molar-refractivity contribution >= 4 is 11.7 Å². The predicted octanol–water partition coefficient (Wildman–Crippen LogP) is 1.54. The van der Waals surface area contributed by atoms with Gasteiger partial charge in [0.25, 0.3) is 5.56 Å². The molecule has 1 saturated heterocycles. The van der Waals surface area contributed by atoms with Crippen molar-refractivity contribution in [2.75, 3.05) is 31.1 Å². The van der Waals surface area contributed by atoms with Crippen LogP contribution in [0.25, 0.3) is 0 Å². The zero-order valence-electron chi connectivity index (χ0n) is 14.1. The summed E-state index contributed by atoms with van der Waals surface area (Å²) in [6.45, 7) is 2.86. The third kappa shape index (κ3) is 3.16. The Morgan fingerprint density at radius 1 is 1.08 bits per heavy atom. The number of hydrogen-bond donors (Lipinski definition) is 1. The number of H-pyrrole nitrogens is 1. The number of nitrogens with one attached hydrogen (secondary N) is 1. The van der Waals surface area contributed by atoms with Gasteiger partial charge in [-0.25, -0.2) is 5.10 Å². The van der Waals surface area contributed by atoms with Gasteiger partial charge in [0.2, 0.25) is 5.91 Å². The van der Waals surface area contributed by atoms with Crippen LogP contribution in [0.5, 0.6) is 0 Å². The fourth-order valence-electron chi connectivity index (χ4n) is 3.90. The Morgan fingerprint density at radius 3 is 2.64 bits per heavy atom. The van der Waals surface area contributed by atoms with Crippen LogP contribution in [0.3, 0.4) is 0 Å². The highest BCUT2D eigenvalue weighted by Gasteiger charge is 2.31. The van der Waals surface area contributed by atoms with Gasteiger partial charge in [0, 0.05) is 32.2 Å². The zero-order valence-corrected chi connectivity index (χ0v) is 14.1. The Morgan fingerprint density at radius 2 is 1.88 bits per heavy atom. The van der Waals surface area contributed by atoms with Crippen LogP contribution in [0.4, 0.5) is 5.82 Å². The molecule has 2 aromatic rings. The zero-order chi connectivity index (χ0) is 17.2. The molecule has 25 heavy (non-hydrogen) atoms. The SMILES string of the molecule is O=C([C@H]1CCCc2ccccc21)N1CCN(c2ccc(=O)[nH]n2)CC1. The second-order valence-electron chi connectivity index (χ2n) is 6.74. The number of aromatic nitrogens is 2. The molecule has 130 valence electrons. The number of amides is 1. The third-order valence-electron chi connectivity index (χ3n) is 5.25. The maximum Gasteiger partial charge on any atom is 0.264 e. The van der Waals surface area contributed by atoms with Crippen LogP contribution in [0.15, 0.2) is 41.2 Å². The number of aromatic amines is 1. The highest BCUT2D eigenvalue weighted by Crippen LogP contribution is 2.33. The molecule has 2 heterocycles. The molecule has 0 saturated carbocycles. The lowest BCUT2D eigenvalue weighted by Gasteiger charge is -2.37. The first-order valence-corrected chi connectivity index (χ1v) is 8.89. The molecule has 0 spiro atoms. The summed E-state index contributed by atoms with van der Waals surface area (Å²) in [6, 6.07) is 11.6. The van der Waals surface area contributed by atoms with Crippen molar-refractivity contribution < 1.29 is 4.79 Å². The fraction of sp³-hybridized carbons (Fsp3) is 0.421. The van der Waals surface area contributed by atoms with Crippen LogP contribution < -0.4 is 10.5 Å². The lowest BCUT2D eigenvalue weighted by Crippen LogP contribution is -2.50. The molecule has 1 aromatic heterocycles. The van der Waals surface area contributed by atoms with Crippen molar-refractivity contribution in [2.24, 2.45) is 0 Å². The Labute approximate surface area is 146 Å². The van der Waals surface area contributed by atoms with Gasteiger partial charge in [-0.3, -0.25) is 9.59 Å². The smallest absolute Gasteiger partial charge is 0.264 e. The second kappa shape index (κ2) is 6.70. The molecule has 1 atom stereocenters. The first-order chi connectivity index (χ1) is 12.2. The van der Waals surface area contributed by atoms with Gasteiger partial charge in [0.15, 0.2) is 0 Å². The van der Waals surface area contributed by atoms with Gasteiger partial charge in [0.05, 0.1) is 5.92 Å². The number of hydrogen-bond acceptors (Lipinski definition) is 4. The van der Waals surface area contributed by atoms with E-state index in [1.54, 1.807) is 6.07 Å². The van der Waals surface area contributed by atoms with E-state index in [1.165, 1.54) is 17.2 Å². The molecular formula is C19H22N4O2. The largest absolute Gasteiger partial charge is 0.352 e. The van der Waals surface area contributed by atoms with E-state index in [0.29, 0.717) is 13.1 Å². The van der Waals surface area contributed by atoms with E-state index in [-0.39, 0.29) is 17.4 Å². The van der Waals surface area contributed by atoms with E-state index in [1.807, 2.05) is 11.0 Å². The lowest BCUT2D eigenvalue weighted by atomic mass is 9.82. The molecule has 1 aromatic carbocycles. The number of carbonyl (C=O) groups excluding carboxylic acids is 1. The summed E-state index contributed by atoms with van der Waals surface area (Å²) in [7, 11) is 0. The minimum Gasteiger partial charge on any atom is -0.352 e. The van der Waals surface area contributed by atoms with E-state index < -0.39 is 0 Å². The number of fused-ring (bicyclic) bond motifs is 1. The maximum absolute atomic E-state index is 13.0. The monoisotopic (exact) mass is 338 g/mol. The van der Waals surface area contributed by atoms with Crippen LogP contribution in [0.2, 0.25) is 0 Å². The standard InChI is InChI=1S/C19H22N4O2/c24-18-9-8-17(20-21-18)22-10-12-23(13-11-22)19(25)16-7-3-5-14-4-1-2-6-15(14)16/h1-2,4,6,8-9,16H,3,5,7,10-13H2,(H,21,24)/t16-/m0/s1. The Kier molecular flexibility index (Phi) is 4.26. The summed E-state index contributed by atoms with van der Waals surface area (Å²) < 4.78 is 0. The van der Waals surface area contributed by atoms with Crippen LogP contribution in [-0.2, 0) is 11.2 Å². The first-order valence-electron chi connectivity index (χ1n) is 8.89. The first kappa shape index (κ1) is 15.9. The average Bonchev–Trinajstić information content (AvgIpc) is 2.68. The molecule has 4 rings (SSSR count). The van der Waals surface area contributed by atoms with Crippen LogP contribution in [0.1, 0.15) is 29.9 Å². The predicted molar refractivity (Wildman–Crippen MR) is 95.8 cm³/mol. The van der Waals surface area contributed by atoms with Crippen LogP contribution in [0, 0.1) is 0 Å². The molecular weight excluding hydrogens is 316 g/mol. The quantitative estimate of drug-likeness (QED) is 0.902. The van der Waals surface area contributed by atoms with Crippen LogP contribution >= 0.6 is 0 Å². The van der Waals surface area contributed by atoms with Crippen molar-refractivity contribution in [1.82, 2.24) is 15.1 Å². The summed E-state index contributed by atoms with van der Waals surface area (Å²) in [6.07, 6.45) is 3.10. The molecule has 1 N–H and O–H groups in total. The fourth-order valence-corrected chi connectivity index (χ4v) is 3.90. The van der Waals surface area contributed by atoms with Gasteiger partial charge in [0.1, 0.15) is 5.82 Å². The Balaban J connectivity index is 1.44. The van der Waals surface area contributed by atoms with Crippen molar-refractivity contribution in [3.05, 3.63) is 57.9 Å². The van der Waals surface area contributed by atoms with Crippen molar-refractivity contribution in [3.8, 4) is 0 Å². The molecule has 0 unspecified atom stereocenters. The number of piperazine rings is 1. The van der Waals surface area contributed by atoms with Gasteiger partial charge < -0.3 is 9.80 Å².